The van der Waals surface area contributed by atoms with Gasteiger partial charge < -0.3 is 14.9 Å². The average Bonchev–Trinajstić information content (AvgIpc) is 3.40. The van der Waals surface area contributed by atoms with Crippen LogP contribution in [0, 0.1) is 0 Å². The van der Waals surface area contributed by atoms with Crippen LogP contribution >= 0.6 is 11.6 Å². The third-order valence-electron chi connectivity index (χ3n) is 5.06. The van der Waals surface area contributed by atoms with Crippen molar-refractivity contribution in [2.24, 2.45) is 5.16 Å². The van der Waals surface area contributed by atoms with Crippen LogP contribution in [0.2, 0.25) is 5.02 Å². The van der Waals surface area contributed by atoms with Crippen LogP contribution in [0.15, 0.2) is 59.9 Å². The molecule has 2 N–H and O–H groups in total. The van der Waals surface area contributed by atoms with Crippen molar-refractivity contribution in [1.29, 1.82) is 0 Å². The number of aromatic nitrogens is 2. The Hall–Kier alpha value is -3.32. The average molecular weight is 425 g/mol. The quantitative estimate of drug-likeness (QED) is 0.627. The number of oxime groups is 1. The van der Waals surface area contributed by atoms with E-state index < -0.39 is 5.60 Å². The number of H-pyrrole nitrogens is 1. The van der Waals surface area contributed by atoms with Gasteiger partial charge in [0.1, 0.15) is 5.75 Å². The van der Waals surface area contributed by atoms with E-state index in [-0.39, 0.29) is 5.91 Å². The minimum Gasteiger partial charge on any atom is -0.497 e. The molecule has 0 aliphatic carbocycles. The van der Waals surface area contributed by atoms with Gasteiger partial charge in [0.15, 0.2) is 0 Å². The Bertz CT molecular complexity index is 1090. The Morgan fingerprint density at radius 2 is 2.03 bits per heavy atom. The summed E-state index contributed by atoms with van der Waals surface area (Å²) >= 11 is 6.25. The number of nitrogens with one attached hydrogen (secondary N) is 2. The lowest BCUT2D eigenvalue weighted by Gasteiger charge is -2.20. The minimum absolute atomic E-state index is 0.254. The number of carbonyl (C=O) groups is 1. The predicted octanol–water partition coefficient (Wildman–Crippen LogP) is 3.94. The van der Waals surface area contributed by atoms with Crippen molar-refractivity contribution < 1.29 is 14.4 Å². The summed E-state index contributed by atoms with van der Waals surface area (Å²) in [5.74, 6) is 0.518. The van der Waals surface area contributed by atoms with Crippen molar-refractivity contribution in [3.63, 3.8) is 0 Å². The molecule has 8 heteroatoms. The largest absolute Gasteiger partial charge is 0.497 e. The molecule has 1 amide bonds. The number of rotatable bonds is 6. The Morgan fingerprint density at radius 1 is 1.27 bits per heavy atom. The van der Waals surface area contributed by atoms with E-state index in [1.807, 2.05) is 42.5 Å². The van der Waals surface area contributed by atoms with Gasteiger partial charge in [0, 0.05) is 34.7 Å². The zero-order valence-electron chi connectivity index (χ0n) is 16.6. The van der Waals surface area contributed by atoms with Gasteiger partial charge in [-0.05, 0) is 37.3 Å². The highest BCUT2D eigenvalue weighted by Gasteiger charge is 2.42. The zero-order valence-corrected chi connectivity index (χ0v) is 17.4. The van der Waals surface area contributed by atoms with E-state index in [2.05, 4.69) is 20.7 Å². The van der Waals surface area contributed by atoms with Crippen LogP contribution in [0.5, 0.6) is 5.75 Å². The van der Waals surface area contributed by atoms with E-state index in [0.717, 1.165) is 28.1 Å². The molecule has 1 aliphatic rings. The fourth-order valence-electron chi connectivity index (χ4n) is 3.32. The number of amides is 1. The number of halogens is 1. The molecule has 4 rings (SSSR count). The number of benzene rings is 2. The highest BCUT2D eigenvalue weighted by Crippen LogP contribution is 2.30. The van der Waals surface area contributed by atoms with Gasteiger partial charge in [-0.2, -0.15) is 5.10 Å². The topological polar surface area (TPSA) is 88.6 Å². The second-order valence-electron chi connectivity index (χ2n) is 7.20. The monoisotopic (exact) mass is 424 g/mol. The van der Waals surface area contributed by atoms with Crippen molar-refractivity contribution in [2.75, 3.05) is 7.11 Å². The fourth-order valence-corrected chi connectivity index (χ4v) is 3.56. The molecule has 0 bridgehead atoms. The Kier molecular flexibility index (Phi) is 5.46. The van der Waals surface area contributed by atoms with Crippen LogP contribution in [-0.2, 0) is 16.2 Å². The fraction of sp³-hybridized carbons (Fsp3) is 0.227. The molecule has 2 heterocycles. The summed E-state index contributed by atoms with van der Waals surface area (Å²) in [5.41, 5.74) is 2.97. The van der Waals surface area contributed by atoms with E-state index >= 15 is 0 Å². The lowest BCUT2D eigenvalue weighted by atomic mass is 9.95. The predicted molar refractivity (Wildman–Crippen MR) is 115 cm³/mol. The molecule has 7 nitrogen and oxygen atoms in total. The van der Waals surface area contributed by atoms with Crippen LogP contribution < -0.4 is 10.1 Å². The van der Waals surface area contributed by atoms with E-state index in [1.54, 1.807) is 26.3 Å². The molecule has 0 spiro atoms. The van der Waals surface area contributed by atoms with Crippen LogP contribution in [0.3, 0.4) is 0 Å². The SMILES string of the molecule is COc1ccc(-c2[nH]ncc2CNC(=O)C2(C)CC(c3ccccc3Cl)=NO2)cc1. The molecular weight excluding hydrogens is 404 g/mol. The summed E-state index contributed by atoms with van der Waals surface area (Å²) in [7, 11) is 1.62. The second kappa shape index (κ2) is 8.20. The highest BCUT2D eigenvalue weighted by atomic mass is 35.5. The molecule has 2 aromatic carbocycles. The van der Waals surface area contributed by atoms with Gasteiger partial charge in [0.25, 0.3) is 5.91 Å². The van der Waals surface area contributed by atoms with Crippen molar-refractivity contribution in [3.05, 3.63) is 70.9 Å². The Morgan fingerprint density at radius 3 is 2.77 bits per heavy atom. The maximum atomic E-state index is 12.9. The molecule has 1 aromatic heterocycles. The number of aromatic amines is 1. The molecule has 0 saturated carbocycles. The first-order valence-electron chi connectivity index (χ1n) is 9.45. The number of nitrogens with zero attached hydrogens (tertiary/aromatic N) is 2. The van der Waals surface area contributed by atoms with Crippen molar-refractivity contribution in [3.8, 4) is 17.0 Å². The minimum atomic E-state index is -1.10. The number of carbonyl (C=O) groups excluding carboxylic acids is 1. The standard InChI is InChI=1S/C22H21ClN4O3/c1-22(11-19(27-30-22)17-5-3-4-6-18(17)23)21(28)24-12-15-13-25-26-20(15)14-7-9-16(29-2)10-8-14/h3-10,13H,11-12H2,1-2H3,(H,24,28)(H,25,26). The van der Waals surface area contributed by atoms with Crippen LogP contribution in [0.4, 0.5) is 0 Å². The third kappa shape index (κ3) is 3.89. The van der Waals surface area contributed by atoms with Crippen LogP contribution in [-0.4, -0.2) is 34.5 Å². The lowest BCUT2D eigenvalue weighted by molar-refractivity contribution is -0.141. The van der Waals surface area contributed by atoms with Gasteiger partial charge in [0.05, 0.1) is 24.7 Å². The van der Waals surface area contributed by atoms with Crippen molar-refractivity contribution >= 4 is 23.2 Å². The molecule has 0 radical (unpaired) electrons. The second-order valence-corrected chi connectivity index (χ2v) is 7.61. The van der Waals surface area contributed by atoms with Gasteiger partial charge in [0.2, 0.25) is 5.60 Å². The van der Waals surface area contributed by atoms with Gasteiger partial charge in [-0.15, -0.1) is 0 Å². The third-order valence-corrected chi connectivity index (χ3v) is 5.39. The molecule has 30 heavy (non-hydrogen) atoms. The molecule has 154 valence electrons. The number of hydrogen-bond donors (Lipinski definition) is 2. The summed E-state index contributed by atoms with van der Waals surface area (Å²) in [6, 6.07) is 15.0. The van der Waals surface area contributed by atoms with E-state index in [0.29, 0.717) is 23.7 Å². The molecule has 1 unspecified atom stereocenters. The first-order chi connectivity index (χ1) is 14.5. The maximum Gasteiger partial charge on any atom is 0.267 e. The normalized spacial score (nSPS) is 17.9. The molecule has 0 saturated heterocycles. The van der Waals surface area contributed by atoms with E-state index in [1.165, 1.54) is 0 Å². The van der Waals surface area contributed by atoms with Crippen LogP contribution in [0.25, 0.3) is 11.3 Å². The Labute approximate surface area is 179 Å². The lowest BCUT2D eigenvalue weighted by Crippen LogP contribution is -2.44. The summed E-state index contributed by atoms with van der Waals surface area (Å²) < 4.78 is 5.20. The van der Waals surface area contributed by atoms with Crippen molar-refractivity contribution in [1.82, 2.24) is 15.5 Å². The summed E-state index contributed by atoms with van der Waals surface area (Å²) in [6.07, 6.45) is 2.03. The number of methoxy groups -OCH3 is 1. The molecular formula is C22H21ClN4O3. The molecule has 1 aliphatic heterocycles. The number of hydrogen-bond acceptors (Lipinski definition) is 5. The van der Waals surface area contributed by atoms with Gasteiger partial charge in [-0.25, -0.2) is 0 Å². The maximum absolute atomic E-state index is 12.9. The summed E-state index contributed by atoms with van der Waals surface area (Å²) in [6.45, 7) is 2.02. The van der Waals surface area contributed by atoms with Crippen LogP contribution in [0.1, 0.15) is 24.5 Å². The summed E-state index contributed by atoms with van der Waals surface area (Å²) in [5, 5.41) is 14.7. The first-order valence-corrected chi connectivity index (χ1v) is 9.83. The Balaban J connectivity index is 1.42. The molecule has 3 aromatic rings. The first kappa shape index (κ1) is 20.0. The van der Waals surface area contributed by atoms with Gasteiger partial charge in [-0.3, -0.25) is 9.89 Å². The van der Waals surface area contributed by atoms with Gasteiger partial charge >= 0.3 is 0 Å². The zero-order chi connectivity index (χ0) is 21.1. The summed E-state index contributed by atoms with van der Waals surface area (Å²) in [4.78, 5) is 18.4. The van der Waals surface area contributed by atoms with Crippen molar-refractivity contribution in [2.45, 2.75) is 25.5 Å². The van der Waals surface area contributed by atoms with E-state index in [4.69, 9.17) is 21.2 Å². The molecule has 1 atom stereocenters. The smallest absolute Gasteiger partial charge is 0.267 e. The van der Waals surface area contributed by atoms with E-state index in [9.17, 15) is 4.79 Å². The highest BCUT2D eigenvalue weighted by molar-refractivity contribution is 6.34. The number of ether oxygens (including phenoxy) is 1. The van der Waals surface area contributed by atoms with Gasteiger partial charge in [-0.1, -0.05) is 35.0 Å². The molecule has 0 fully saturated rings.